The quantitative estimate of drug-likeness (QED) is 0.530. The van der Waals surface area contributed by atoms with Crippen LogP contribution in [0.2, 0.25) is 5.02 Å². The first kappa shape index (κ1) is 18.2. The van der Waals surface area contributed by atoms with Gasteiger partial charge in [0.1, 0.15) is 5.82 Å². The second-order valence-corrected chi connectivity index (χ2v) is 6.93. The third-order valence-corrected chi connectivity index (χ3v) is 5.00. The van der Waals surface area contributed by atoms with Crippen molar-refractivity contribution in [1.82, 2.24) is 14.8 Å². The second kappa shape index (κ2) is 7.84. The van der Waals surface area contributed by atoms with E-state index in [1.807, 2.05) is 65.6 Å². The van der Waals surface area contributed by atoms with Gasteiger partial charge in [-0.2, -0.15) is 5.10 Å². The van der Waals surface area contributed by atoms with Gasteiger partial charge in [-0.1, -0.05) is 54.1 Å². The van der Waals surface area contributed by atoms with Crippen LogP contribution in [0.1, 0.15) is 11.6 Å². The van der Waals surface area contributed by atoms with Gasteiger partial charge >= 0.3 is 0 Å². The Morgan fingerprint density at radius 3 is 2.43 bits per heavy atom. The van der Waals surface area contributed by atoms with E-state index in [4.69, 9.17) is 23.1 Å². The third kappa shape index (κ3) is 3.50. The van der Waals surface area contributed by atoms with E-state index in [2.05, 4.69) is 22.2 Å². The molecule has 2 aromatic heterocycles. The Hall–Kier alpha value is -3.15. The van der Waals surface area contributed by atoms with Crippen molar-refractivity contribution in [3.05, 3.63) is 89.8 Å². The van der Waals surface area contributed by atoms with Crippen molar-refractivity contribution in [3.63, 3.8) is 0 Å². The zero-order valence-electron chi connectivity index (χ0n) is 15.2. The molecule has 0 aliphatic carbocycles. The molecule has 4 rings (SSSR count). The van der Waals surface area contributed by atoms with Crippen LogP contribution in [-0.4, -0.2) is 21.3 Å². The highest BCUT2D eigenvalue weighted by Crippen LogP contribution is 2.36. The summed E-state index contributed by atoms with van der Waals surface area (Å²) in [5.74, 6) is 0.464. The summed E-state index contributed by atoms with van der Waals surface area (Å²) in [6.07, 6.45) is 5.54. The van der Waals surface area contributed by atoms with E-state index in [1.165, 1.54) is 0 Å². The number of hydrogen-bond donors (Lipinski definition) is 2. The smallest absolute Gasteiger partial charge is 0.131 e. The summed E-state index contributed by atoms with van der Waals surface area (Å²) in [6, 6.07) is 19.6. The van der Waals surface area contributed by atoms with E-state index < -0.39 is 0 Å². The highest BCUT2D eigenvalue weighted by atomic mass is 35.5. The Morgan fingerprint density at radius 1 is 0.964 bits per heavy atom. The molecule has 0 aliphatic rings. The van der Waals surface area contributed by atoms with Crippen molar-refractivity contribution in [2.75, 3.05) is 12.3 Å². The van der Waals surface area contributed by atoms with Gasteiger partial charge in [0.15, 0.2) is 0 Å². The standard InChI is InChI=1S/C22H20ClN5/c23-18-8-6-16(7-9-18)21-19(10-11-26-22(21)25)17-13-27-28(14-17)20(12-24)15-4-2-1-3-5-15/h1-11,13-14,20H,12,24H2,(H2,25,26). The maximum Gasteiger partial charge on any atom is 0.131 e. The largest absolute Gasteiger partial charge is 0.383 e. The SMILES string of the molecule is NCC(c1ccccc1)n1cc(-c2ccnc(N)c2-c2ccc(Cl)cc2)cn1. The number of pyridine rings is 1. The molecule has 28 heavy (non-hydrogen) atoms. The minimum atomic E-state index is -0.0342. The highest BCUT2D eigenvalue weighted by Gasteiger charge is 2.17. The lowest BCUT2D eigenvalue weighted by Crippen LogP contribution is -2.20. The molecule has 0 saturated carbocycles. The van der Waals surface area contributed by atoms with Gasteiger partial charge in [0.25, 0.3) is 0 Å². The number of halogens is 1. The monoisotopic (exact) mass is 389 g/mol. The lowest BCUT2D eigenvalue weighted by molar-refractivity contribution is 0.532. The molecular weight excluding hydrogens is 370 g/mol. The Labute approximate surface area is 168 Å². The number of hydrogen-bond acceptors (Lipinski definition) is 4. The number of rotatable bonds is 5. The fraction of sp³-hybridized carbons (Fsp3) is 0.0909. The van der Waals surface area contributed by atoms with Gasteiger partial charge in [0.05, 0.1) is 12.2 Å². The fourth-order valence-corrected chi connectivity index (χ4v) is 3.48. The molecule has 1 atom stereocenters. The topological polar surface area (TPSA) is 82.8 Å². The van der Waals surface area contributed by atoms with Crippen LogP contribution in [0.5, 0.6) is 0 Å². The maximum absolute atomic E-state index is 6.22. The average Bonchev–Trinajstić information content (AvgIpc) is 3.20. The van der Waals surface area contributed by atoms with E-state index >= 15 is 0 Å². The first-order valence-electron chi connectivity index (χ1n) is 8.97. The number of anilines is 1. The van der Waals surface area contributed by atoms with Crippen LogP contribution in [-0.2, 0) is 0 Å². The normalized spacial score (nSPS) is 12.1. The molecule has 0 spiro atoms. The third-order valence-electron chi connectivity index (χ3n) is 4.75. The Bertz CT molecular complexity index is 1070. The van der Waals surface area contributed by atoms with Crippen LogP contribution in [0.4, 0.5) is 5.82 Å². The lowest BCUT2D eigenvalue weighted by Gasteiger charge is -2.16. The summed E-state index contributed by atoms with van der Waals surface area (Å²) in [5.41, 5.74) is 17.1. The Kier molecular flexibility index (Phi) is 5.10. The van der Waals surface area contributed by atoms with Crippen molar-refractivity contribution in [2.24, 2.45) is 5.73 Å². The summed E-state index contributed by atoms with van der Waals surface area (Å²) in [5, 5.41) is 5.25. The van der Waals surface area contributed by atoms with E-state index in [0.717, 1.165) is 27.8 Å². The molecule has 0 fully saturated rings. The molecule has 140 valence electrons. The van der Waals surface area contributed by atoms with Gasteiger partial charge in [0, 0.05) is 35.1 Å². The number of aromatic nitrogens is 3. The molecule has 1 unspecified atom stereocenters. The Balaban J connectivity index is 1.77. The predicted molar refractivity (Wildman–Crippen MR) is 114 cm³/mol. The van der Waals surface area contributed by atoms with Crippen LogP contribution in [0.3, 0.4) is 0 Å². The van der Waals surface area contributed by atoms with Gasteiger partial charge in [-0.15, -0.1) is 0 Å². The van der Waals surface area contributed by atoms with Gasteiger partial charge in [-0.3, -0.25) is 4.68 Å². The first-order chi connectivity index (χ1) is 13.7. The number of nitrogens with two attached hydrogens (primary N) is 2. The molecule has 0 saturated heterocycles. The van der Waals surface area contributed by atoms with E-state index in [0.29, 0.717) is 17.4 Å². The van der Waals surface area contributed by atoms with Crippen molar-refractivity contribution in [3.8, 4) is 22.3 Å². The molecule has 0 aliphatic heterocycles. The molecule has 2 heterocycles. The Morgan fingerprint density at radius 2 is 1.71 bits per heavy atom. The van der Waals surface area contributed by atoms with E-state index in [9.17, 15) is 0 Å². The highest BCUT2D eigenvalue weighted by molar-refractivity contribution is 6.30. The van der Waals surface area contributed by atoms with Crippen molar-refractivity contribution < 1.29 is 0 Å². The van der Waals surface area contributed by atoms with Gasteiger partial charge in [-0.25, -0.2) is 4.98 Å². The average molecular weight is 390 g/mol. The second-order valence-electron chi connectivity index (χ2n) is 6.50. The molecule has 4 N–H and O–H groups in total. The molecule has 4 aromatic rings. The zero-order chi connectivity index (χ0) is 19.5. The minimum absolute atomic E-state index is 0.0342. The number of nitrogen functional groups attached to an aromatic ring is 1. The lowest BCUT2D eigenvalue weighted by atomic mass is 9.97. The van der Waals surface area contributed by atoms with Crippen LogP contribution in [0, 0.1) is 0 Å². The molecule has 0 bridgehead atoms. The summed E-state index contributed by atoms with van der Waals surface area (Å²) in [4.78, 5) is 4.27. The maximum atomic E-state index is 6.22. The predicted octanol–water partition coefficient (Wildman–Crippen LogP) is 4.40. The number of benzene rings is 2. The summed E-state index contributed by atoms with van der Waals surface area (Å²) in [6.45, 7) is 0.452. The van der Waals surface area contributed by atoms with Crippen molar-refractivity contribution in [2.45, 2.75) is 6.04 Å². The first-order valence-corrected chi connectivity index (χ1v) is 9.35. The minimum Gasteiger partial charge on any atom is -0.383 e. The van der Waals surface area contributed by atoms with Crippen LogP contribution < -0.4 is 11.5 Å². The summed E-state index contributed by atoms with van der Waals surface area (Å²) >= 11 is 6.04. The molecule has 6 heteroatoms. The van der Waals surface area contributed by atoms with Crippen molar-refractivity contribution in [1.29, 1.82) is 0 Å². The van der Waals surface area contributed by atoms with Gasteiger partial charge in [-0.05, 0) is 34.9 Å². The van der Waals surface area contributed by atoms with E-state index in [1.54, 1.807) is 6.20 Å². The molecular formula is C22H20ClN5. The fourth-order valence-electron chi connectivity index (χ4n) is 3.36. The van der Waals surface area contributed by atoms with Crippen LogP contribution in [0.25, 0.3) is 22.3 Å². The molecule has 2 aromatic carbocycles. The number of nitrogens with zero attached hydrogens (tertiary/aromatic N) is 3. The van der Waals surface area contributed by atoms with E-state index in [-0.39, 0.29) is 6.04 Å². The van der Waals surface area contributed by atoms with Gasteiger partial charge in [0.2, 0.25) is 0 Å². The molecule has 5 nitrogen and oxygen atoms in total. The molecule has 0 radical (unpaired) electrons. The van der Waals surface area contributed by atoms with Crippen LogP contribution >= 0.6 is 11.6 Å². The summed E-state index contributed by atoms with van der Waals surface area (Å²) < 4.78 is 1.90. The zero-order valence-corrected chi connectivity index (χ0v) is 15.9. The van der Waals surface area contributed by atoms with Crippen molar-refractivity contribution >= 4 is 17.4 Å². The molecule has 0 amide bonds. The van der Waals surface area contributed by atoms with Gasteiger partial charge < -0.3 is 11.5 Å². The summed E-state index contributed by atoms with van der Waals surface area (Å²) in [7, 11) is 0. The van der Waals surface area contributed by atoms with Crippen LogP contribution in [0.15, 0.2) is 79.3 Å².